The molecule has 0 radical (unpaired) electrons. The lowest BCUT2D eigenvalue weighted by Gasteiger charge is -2.33. The molecule has 3 heteroatoms. The fourth-order valence-corrected chi connectivity index (χ4v) is 3.51. The predicted octanol–water partition coefficient (Wildman–Crippen LogP) is 2.45. The first-order chi connectivity index (χ1) is 9.28. The molecule has 2 aliphatic rings. The van der Waals surface area contributed by atoms with Gasteiger partial charge in [-0.15, -0.1) is 0 Å². The molecule has 1 fully saturated rings. The Morgan fingerprint density at radius 1 is 1.26 bits per heavy atom. The van der Waals surface area contributed by atoms with E-state index in [2.05, 4.69) is 23.2 Å². The van der Waals surface area contributed by atoms with Crippen molar-refractivity contribution in [1.82, 2.24) is 10.2 Å². The zero-order chi connectivity index (χ0) is 13.2. The van der Waals surface area contributed by atoms with Crippen molar-refractivity contribution in [3.63, 3.8) is 0 Å². The highest BCUT2D eigenvalue weighted by Gasteiger charge is 2.27. The molecule has 1 aromatic carbocycles. The molecular formula is C16H24N2O. The van der Waals surface area contributed by atoms with Crippen LogP contribution in [0.4, 0.5) is 0 Å². The average molecular weight is 260 g/mol. The number of benzene rings is 1. The summed E-state index contributed by atoms with van der Waals surface area (Å²) in [5, 5.41) is 13.7. The number of hydrogen-bond acceptors (Lipinski definition) is 3. The molecular weight excluding hydrogens is 236 g/mol. The molecule has 19 heavy (non-hydrogen) atoms. The lowest BCUT2D eigenvalue weighted by atomic mass is 10.0. The van der Waals surface area contributed by atoms with Crippen molar-refractivity contribution in [2.45, 2.75) is 44.7 Å². The molecule has 1 saturated heterocycles. The molecule has 1 aromatic rings. The van der Waals surface area contributed by atoms with Crippen molar-refractivity contribution in [2.24, 2.45) is 0 Å². The summed E-state index contributed by atoms with van der Waals surface area (Å²) in [6.45, 7) is 5.85. The average Bonchev–Trinajstić information content (AvgIpc) is 2.84. The second kappa shape index (κ2) is 5.51. The van der Waals surface area contributed by atoms with Crippen molar-refractivity contribution in [3.8, 4) is 5.75 Å². The molecule has 1 heterocycles. The van der Waals surface area contributed by atoms with Gasteiger partial charge in [0.15, 0.2) is 0 Å². The number of likely N-dealkylation sites (tertiary alicyclic amines) is 1. The van der Waals surface area contributed by atoms with Crippen molar-refractivity contribution < 1.29 is 5.11 Å². The second-order valence-electron chi connectivity index (χ2n) is 5.81. The molecule has 1 atom stereocenters. The van der Waals surface area contributed by atoms with Gasteiger partial charge in [0.2, 0.25) is 0 Å². The molecule has 1 unspecified atom stereocenters. The van der Waals surface area contributed by atoms with Gasteiger partial charge >= 0.3 is 0 Å². The highest BCUT2D eigenvalue weighted by molar-refractivity contribution is 5.44. The van der Waals surface area contributed by atoms with Gasteiger partial charge in [-0.05, 0) is 62.5 Å². The smallest absolute Gasteiger partial charge is 0.119 e. The molecule has 1 aliphatic carbocycles. The summed E-state index contributed by atoms with van der Waals surface area (Å²) in [6, 6.07) is 7.02. The van der Waals surface area contributed by atoms with E-state index in [9.17, 15) is 5.11 Å². The van der Waals surface area contributed by atoms with Gasteiger partial charge in [-0.25, -0.2) is 0 Å². The molecule has 0 aromatic heterocycles. The third-order valence-electron chi connectivity index (χ3n) is 4.72. The van der Waals surface area contributed by atoms with Gasteiger partial charge in [0.05, 0.1) is 0 Å². The van der Waals surface area contributed by atoms with Crippen LogP contribution in [0.5, 0.6) is 5.75 Å². The summed E-state index contributed by atoms with van der Waals surface area (Å²) in [4.78, 5) is 2.52. The summed E-state index contributed by atoms with van der Waals surface area (Å²) in [6.07, 6.45) is 4.63. The maximum Gasteiger partial charge on any atom is 0.119 e. The van der Waals surface area contributed by atoms with Gasteiger partial charge in [0.1, 0.15) is 5.75 Å². The minimum absolute atomic E-state index is 0.445. The third-order valence-corrected chi connectivity index (χ3v) is 4.72. The Bertz CT molecular complexity index is 438. The van der Waals surface area contributed by atoms with Gasteiger partial charge in [-0.2, -0.15) is 0 Å². The number of fused-ring (bicyclic) bond motifs is 1. The second-order valence-corrected chi connectivity index (χ2v) is 5.81. The van der Waals surface area contributed by atoms with Crippen LogP contribution in [-0.2, 0) is 6.42 Å². The van der Waals surface area contributed by atoms with Crippen LogP contribution in [0, 0.1) is 0 Å². The van der Waals surface area contributed by atoms with Crippen LogP contribution in [0.25, 0.3) is 0 Å². The number of rotatable bonds is 3. The Labute approximate surface area is 115 Å². The lowest BCUT2D eigenvalue weighted by Crippen LogP contribution is -2.43. The summed E-state index contributed by atoms with van der Waals surface area (Å²) >= 11 is 0. The molecule has 104 valence electrons. The van der Waals surface area contributed by atoms with Crippen molar-refractivity contribution in [2.75, 3.05) is 19.6 Å². The van der Waals surface area contributed by atoms with Gasteiger partial charge in [0.25, 0.3) is 0 Å². The Morgan fingerprint density at radius 2 is 2.05 bits per heavy atom. The standard InChI is InChI=1S/C16H24N2O/c1-2-18-10-8-12(9-11-18)17-15-7-6-14-13(15)4-3-5-16(14)19/h3-5,12,15,17,19H,2,6-11H2,1H3. The van der Waals surface area contributed by atoms with Crippen LogP contribution >= 0.6 is 0 Å². The maximum absolute atomic E-state index is 9.89. The zero-order valence-corrected chi connectivity index (χ0v) is 11.7. The third kappa shape index (κ3) is 2.63. The van der Waals surface area contributed by atoms with Crippen molar-refractivity contribution in [1.29, 1.82) is 0 Å². The van der Waals surface area contributed by atoms with E-state index in [1.54, 1.807) is 6.07 Å². The Kier molecular flexibility index (Phi) is 3.76. The highest BCUT2D eigenvalue weighted by Crippen LogP contribution is 2.36. The Morgan fingerprint density at radius 3 is 2.79 bits per heavy atom. The van der Waals surface area contributed by atoms with E-state index in [1.165, 1.54) is 38.0 Å². The Hall–Kier alpha value is -1.06. The van der Waals surface area contributed by atoms with E-state index in [4.69, 9.17) is 0 Å². The minimum atomic E-state index is 0.445. The molecule has 0 bridgehead atoms. The van der Waals surface area contributed by atoms with Gasteiger partial charge in [0, 0.05) is 12.1 Å². The Balaban J connectivity index is 1.63. The fourth-order valence-electron chi connectivity index (χ4n) is 3.51. The summed E-state index contributed by atoms with van der Waals surface area (Å²) in [5.74, 6) is 0.475. The quantitative estimate of drug-likeness (QED) is 0.876. The van der Waals surface area contributed by atoms with Gasteiger partial charge < -0.3 is 15.3 Å². The van der Waals surface area contributed by atoms with Crippen LogP contribution in [0.1, 0.15) is 43.4 Å². The van der Waals surface area contributed by atoms with E-state index in [0.29, 0.717) is 17.8 Å². The SMILES string of the molecule is CCN1CCC(NC2CCc3c(O)cccc32)CC1. The molecule has 1 aliphatic heterocycles. The van der Waals surface area contributed by atoms with Crippen molar-refractivity contribution in [3.05, 3.63) is 29.3 Å². The number of phenolic OH excluding ortho intramolecular Hbond substituents is 1. The van der Waals surface area contributed by atoms with E-state index < -0.39 is 0 Å². The largest absolute Gasteiger partial charge is 0.508 e. The zero-order valence-electron chi connectivity index (χ0n) is 11.7. The van der Waals surface area contributed by atoms with E-state index in [1.807, 2.05) is 6.07 Å². The molecule has 3 nitrogen and oxygen atoms in total. The summed E-state index contributed by atoms with van der Waals surface area (Å²) < 4.78 is 0. The summed E-state index contributed by atoms with van der Waals surface area (Å²) in [7, 11) is 0. The molecule has 0 saturated carbocycles. The fraction of sp³-hybridized carbons (Fsp3) is 0.625. The number of nitrogens with zero attached hydrogens (tertiary/aromatic N) is 1. The topological polar surface area (TPSA) is 35.5 Å². The molecule has 0 spiro atoms. The van der Waals surface area contributed by atoms with E-state index in [0.717, 1.165) is 18.4 Å². The minimum Gasteiger partial charge on any atom is -0.508 e. The number of hydrogen-bond donors (Lipinski definition) is 2. The molecule has 0 amide bonds. The van der Waals surface area contributed by atoms with Crippen LogP contribution in [0.15, 0.2) is 18.2 Å². The van der Waals surface area contributed by atoms with Crippen LogP contribution in [-0.4, -0.2) is 35.7 Å². The van der Waals surface area contributed by atoms with E-state index >= 15 is 0 Å². The number of aromatic hydroxyl groups is 1. The van der Waals surface area contributed by atoms with Gasteiger partial charge in [-0.3, -0.25) is 0 Å². The first-order valence-corrected chi connectivity index (χ1v) is 7.57. The van der Waals surface area contributed by atoms with Gasteiger partial charge in [-0.1, -0.05) is 19.1 Å². The monoisotopic (exact) mass is 260 g/mol. The maximum atomic E-state index is 9.89. The van der Waals surface area contributed by atoms with Crippen LogP contribution in [0.2, 0.25) is 0 Å². The highest BCUT2D eigenvalue weighted by atomic mass is 16.3. The van der Waals surface area contributed by atoms with Crippen LogP contribution < -0.4 is 5.32 Å². The normalized spacial score (nSPS) is 24.6. The lowest BCUT2D eigenvalue weighted by molar-refractivity contribution is 0.198. The molecule has 3 rings (SSSR count). The number of piperidine rings is 1. The summed E-state index contributed by atoms with van der Waals surface area (Å²) in [5.41, 5.74) is 2.48. The number of phenols is 1. The predicted molar refractivity (Wildman–Crippen MR) is 77.4 cm³/mol. The first-order valence-electron chi connectivity index (χ1n) is 7.57. The van der Waals surface area contributed by atoms with Crippen LogP contribution in [0.3, 0.4) is 0 Å². The molecule has 2 N–H and O–H groups in total. The first kappa shape index (κ1) is 12.9. The van der Waals surface area contributed by atoms with Crippen molar-refractivity contribution >= 4 is 0 Å². The number of nitrogens with one attached hydrogen (secondary N) is 1. The van der Waals surface area contributed by atoms with E-state index in [-0.39, 0.29) is 0 Å².